The average Bonchev–Trinajstić information content (AvgIpc) is 3.41. The Morgan fingerprint density at radius 2 is 1.97 bits per heavy atom. The number of likely N-dealkylation sites (tertiary alicyclic amines) is 1. The van der Waals surface area contributed by atoms with Crippen LogP contribution in [0.3, 0.4) is 0 Å². The third-order valence-corrected chi connectivity index (χ3v) is 6.42. The number of methoxy groups -OCH3 is 1. The molecule has 0 radical (unpaired) electrons. The van der Waals surface area contributed by atoms with Crippen molar-refractivity contribution in [1.29, 1.82) is 0 Å². The standard InChI is InChI=1S/C27H31N3O5/c1-3-20-9-4-5-12-30(20)27(33)24-18-29(16-19-8-6-10-21(14-19)34-2)17-23(25(24)31)26(32)28-15-22-11-7-13-35-22/h6-8,10-11,13-14,17-18,20H,3-5,9,12,15-16H2,1-2H3,(H,28,32). The first-order valence-corrected chi connectivity index (χ1v) is 12.0. The van der Waals surface area contributed by atoms with Gasteiger partial charge in [0.2, 0.25) is 5.43 Å². The van der Waals surface area contributed by atoms with Crippen LogP contribution < -0.4 is 15.5 Å². The van der Waals surface area contributed by atoms with Gasteiger partial charge in [-0.05, 0) is 55.5 Å². The molecule has 1 aromatic carbocycles. The summed E-state index contributed by atoms with van der Waals surface area (Å²) in [7, 11) is 1.60. The molecule has 2 aromatic heterocycles. The minimum atomic E-state index is -0.561. The van der Waals surface area contributed by atoms with Gasteiger partial charge in [-0.15, -0.1) is 0 Å². The maximum atomic E-state index is 13.6. The highest BCUT2D eigenvalue weighted by Gasteiger charge is 2.29. The van der Waals surface area contributed by atoms with E-state index in [0.717, 1.165) is 31.2 Å². The Morgan fingerprint density at radius 1 is 1.14 bits per heavy atom. The summed E-state index contributed by atoms with van der Waals surface area (Å²) in [6.45, 7) is 3.17. The van der Waals surface area contributed by atoms with Crippen molar-refractivity contribution < 1.29 is 18.7 Å². The summed E-state index contributed by atoms with van der Waals surface area (Å²) in [6.07, 6.45) is 8.31. The van der Waals surface area contributed by atoms with Crippen molar-refractivity contribution in [3.63, 3.8) is 0 Å². The van der Waals surface area contributed by atoms with E-state index in [-0.39, 0.29) is 29.6 Å². The van der Waals surface area contributed by atoms with Crippen LogP contribution in [-0.4, -0.2) is 41.0 Å². The summed E-state index contributed by atoms with van der Waals surface area (Å²) < 4.78 is 12.3. The van der Waals surface area contributed by atoms with E-state index in [2.05, 4.69) is 12.2 Å². The molecule has 1 aliphatic rings. The van der Waals surface area contributed by atoms with Crippen molar-refractivity contribution in [1.82, 2.24) is 14.8 Å². The Kier molecular flexibility index (Phi) is 7.70. The van der Waals surface area contributed by atoms with E-state index in [4.69, 9.17) is 9.15 Å². The predicted molar refractivity (Wildman–Crippen MR) is 132 cm³/mol. The fraction of sp³-hybridized carbons (Fsp3) is 0.370. The molecule has 1 N–H and O–H groups in total. The van der Waals surface area contributed by atoms with Gasteiger partial charge in [-0.2, -0.15) is 0 Å². The topological polar surface area (TPSA) is 93.8 Å². The normalized spacial score (nSPS) is 15.6. The molecule has 2 amide bonds. The van der Waals surface area contributed by atoms with Crippen LogP contribution in [0.1, 0.15) is 64.6 Å². The fourth-order valence-electron chi connectivity index (χ4n) is 4.54. The zero-order valence-corrected chi connectivity index (χ0v) is 20.2. The quantitative estimate of drug-likeness (QED) is 0.532. The SMILES string of the molecule is CCC1CCCCN1C(=O)c1cn(Cc2cccc(OC)c2)cc(C(=O)NCc2ccco2)c1=O. The molecule has 3 aromatic rings. The minimum absolute atomic E-state index is 0.0129. The third kappa shape index (κ3) is 5.65. The third-order valence-electron chi connectivity index (χ3n) is 6.42. The number of hydrogen-bond donors (Lipinski definition) is 1. The van der Waals surface area contributed by atoms with Gasteiger partial charge in [0.25, 0.3) is 11.8 Å². The first-order valence-electron chi connectivity index (χ1n) is 12.0. The number of piperidine rings is 1. The van der Waals surface area contributed by atoms with Crippen molar-refractivity contribution >= 4 is 11.8 Å². The Balaban J connectivity index is 1.69. The largest absolute Gasteiger partial charge is 0.497 e. The molecular formula is C27H31N3O5. The molecule has 0 saturated carbocycles. The van der Waals surface area contributed by atoms with Crippen LogP contribution in [0.4, 0.5) is 0 Å². The molecule has 1 fully saturated rings. The van der Waals surface area contributed by atoms with Crippen LogP contribution in [0, 0.1) is 0 Å². The fourth-order valence-corrected chi connectivity index (χ4v) is 4.54. The molecule has 184 valence electrons. The lowest BCUT2D eigenvalue weighted by atomic mass is 9.98. The van der Waals surface area contributed by atoms with Crippen LogP contribution >= 0.6 is 0 Å². The van der Waals surface area contributed by atoms with Crippen LogP contribution in [0.5, 0.6) is 5.75 Å². The number of carbonyl (C=O) groups is 2. The van der Waals surface area contributed by atoms with Gasteiger partial charge in [0.05, 0.1) is 19.9 Å². The lowest BCUT2D eigenvalue weighted by Crippen LogP contribution is -2.45. The second kappa shape index (κ2) is 11.1. The monoisotopic (exact) mass is 477 g/mol. The number of rotatable bonds is 8. The van der Waals surface area contributed by atoms with E-state index in [1.54, 1.807) is 34.9 Å². The zero-order valence-electron chi connectivity index (χ0n) is 20.2. The van der Waals surface area contributed by atoms with Gasteiger partial charge in [-0.1, -0.05) is 19.1 Å². The van der Waals surface area contributed by atoms with Crippen molar-refractivity contribution in [3.05, 3.63) is 87.7 Å². The number of benzene rings is 1. The number of nitrogens with zero attached hydrogens (tertiary/aromatic N) is 2. The smallest absolute Gasteiger partial charge is 0.259 e. The number of amides is 2. The average molecular weight is 478 g/mol. The molecule has 35 heavy (non-hydrogen) atoms. The maximum Gasteiger partial charge on any atom is 0.259 e. The van der Waals surface area contributed by atoms with Crippen molar-refractivity contribution in [2.75, 3.05) is 13.7 Å². The van der Waals surface area contributed by atoms with E-state index < -0.39 is 11.3 Å². The number of furan rings is 1. The number of aromatic nitrogens is 1. The van der Waals surface area contributed by atoms with Gasteiger partial charge in [-0.3, -0.25) is 14.4 Å². The molecule has 8 nitrogen and oxygen atoms in total. The first-order chi connectivity index (χ1) is 17.0. The second-order valence-electron chi connectivity index (χ2n) is 8.76. The van der Waals surface area contributed by atoms with Crippen LogP contribution in [0.2, 0.25) is 0 Å². The molecule has 0 spiro atoms. The van der Waals surface area contributed by atoms with Gasteiger partial charge in [0, 0.05) is 31.5 Å². The van der Waals surface area contributed by atoms with Gasteiger partial charge in [0.1, 0.15) is 22.6 Å². The van der Waals surface area contributed by atoms with Crippen LogP contribution in [0.25, 0.3) is 0 Å². The lowest BCUT2D eigenvalue weighted by molar-refractivity contribution is 0.0605. The predicted octanol–water partition coefficient (Wildman–Crippen LogP) is 3.83. The highest BCUT2D eigenvalue weighted by molar-refractivity contribution is 5.99. The Hall–Kier alpha value is -3.81. The molecule has 1 unspecified atom stereocenters. The van der Waals surface area contributed by atoms with Crippen molar-refractivity contribution in [3.8, 4) is 5.75 Å². The summed E-state index contributed by atoms with van der Waals surface area (Å²) >= 11 is 0. The molecule has 8 heteroatoms. The van der Waals surface area contributed by atoms with Gasteiger partial charge >= 0.3 is 0 Å². The number of nitrogens with one attached hydrogen (secondary N) is 1. The minimum Gasteiger partial charge on any atom is -0.497 e. The van der Waals surface area contributed by atoms with Gasteiger partial charge in [0.15, 0.2) is 0 Å². The lowest BCUT2D eigenvalue weighted by Gasteiger charge is -2.35. The summed E-state index contributed by atoms with van der Waals surface area (Å²) in [5.74, 6) is 0.407. The summed E-state index contributed by atoms with van der Waals surface area (Å²) in [6, 6.07) is 11.1. The van der Waals surface area contributed by atoms with Crippen molar-refractivity contribution in [2.45, 2.75) is 51.7 Å². The first kappa shape index (κ1) is 24.3. The van der Waals surface area contributed by atoms with Gasteiger partial charge < -0.3 is 23.9 Å². The molecule has 3 heterocycles. The van der Waals surface area contributed by atoms with Crippen LogP contribution in [0.15, 0.2) is 64.3 Å². The molecule has 0 aliphatic carbocycles. The summed E-state index contributed by atoms with van der Waals surface area (Å²) in [5, 5.41) is 2.73. The Labute approximate surface area is 204 Å². The second-order valence-corrected chi connectivity index (χ2v) is 8.76. The van der Waals surface area contributed by atoms with E-state index in [1.165, 1.54) is 12.5 Å². The van der Waals surface area contributed by atoms with Crippen molar-refractivity contribution in [2.24, 2.45) is 0 Å². The van der Waals surface area contributed by atoms with E-state index in [9.17, 15) is 14.4 Å². The Morgan fingerprint density at radius 3 is 2.71 bits per heavy atom. The van der Waals surface area contributed by atoms with E-state index in [1.807, 2.05) is 24.3 Å². The number of ether oxygens (including phenoxy) is 1. The number of hydrogen-bond acceptors (Lipinski definition) is 5. The molecule has 4 rings (SSSR count). The number of carbonyl (C=O) groups excluding carboxylic acids is 2. The maximum absolute atomic E-state index is 13.6. The molecule has 1 atom stereocenters. The van der Waals surface area contributed by atoms with Crippen LogP contribution in [-0.2, 0) is 13.1 Å². The summed E-state index contributed by atoms with van der Waals surface area (Å²) in [5.41, 5.74) is 0.293. The number of pyridine rings is 1. The van der Waals surface area contributed by atoms with E-state index >= 15 is 0 Å². The molecule has 0 bridgehead atoms. The van der Waals surface area contributed by atoms with Gasteiger partial charge in [-0.25, -0.2) is 0 Å². The molecule has 1 saturated heterocycles. The zero-order chi connectivity index (χ0) is 24.8. The molecular weight excluding hydrogens is 446 g/mol. The molecule has 1 aliphatic heterocycles. The summed E-state index contributed by atoms with van der Waals surface area (Å²) in [4.78, 5) is 41.8. The highest BCUT2D eigenvalue weighted by atomic mass is 16.5. The Bertz CT molecular complexity index is 1230. The highest BCUT2D eigenvalue weighted by Crippen LogP contribution is 2.21. The van der Waals surface area contributed by atoms with E-state index in [0.29, 0.717) is 24.6 Å².